The van der Waals surface area contributed by atoms with Crippen molar-refractivity contribution in [2.24, 2.45) is 0 Å². The van der Waals surface area contributed by atoms with Crippen LogP contribution in [0.2, 0.25) is 36.3 Å². The van der Waals surface area contributed by atoms with Gasteiger partial charge in [-0.2, -0.15) is 0 Å². The van der Waals surface area contributed by atoms with E-state index in [9.17, 15) is 5.11 Å². The van der Waals surface area contributed by atoms with Gasteiger partial charge >= 0.3 is 0 Å². The normalized spacial score (nSPS) is 16.3. The highest BCUT2D eigenvalue weighted by Crippen LogP contribution is 2.41. The molecule has 0 bridgehead atoms. The molecule has 198 valence electrons. The molecule has 0 spiro atoms. The molecule has 1 aromatic carbocycles. The molecule has 0 aliphatic carbocycles. The van der Waals surface area contributed by atoms with Crippen molar-refractivity contribution in [1.82, 2.24) is 0 Å². The van der Waals surface area contributed by atoms with E-state index >= 15 is 0 Å². The molecule has 0 unspecified atom stereocenters. The number of ether oxygens (including phenoxy) is 2. The summed E-state index contributed by atoms with van der Waals surface area (Å²) in [5.41, 5.74) is 1.08. The summed E-state index contributed by atoms with van der Waals surface area (Å²) in [6, 6.07) is 7.92. The van der Waals surface area contributed by atoms with E-state index in [1.165, 1.54) is 0 Å². The van der Waals surface area contributed by atoms with Gasteiger partial charge in [0.2, 0.25) is 0 Å². The highest BCUT2D eigenvalue weighted by atomic mass is 28.4. The van der Waals surface area contributed by atoms with Crippen molar-refractivity contribution in [3.05, 3.63) is 29.8 Å². The number of rotatable bonds is 13. The van der Waals surface area contributed by atoms with Gasteiger partial charge < -0.3 is 23.4 Å². The molecular weight excluding hydrogens is 460 g/mol. The minimum atomic E-state index is -2.04. The van der Waals surface area contributed by atoms with E-state index in [1.54, 1.807) is 7.11 Å². The molecule has 0 saturated carbocycles. The second-order valence-corrected chi connectivity index (χ2v) is 22.0. The van der Waals surface area contributed by atoms with Gasteiger partial charge in [0.25, 0.3) is 0 Å². The Hall–Kier alpha value is -0.706. The molecule has 0 aromatic heterocycles. The Balaban J connectivity index is 3.08. The average molecular weight is 513 g/mol. The van der Waals surface area contributed by atoms with Crippen LogP contribution in [-0.2, 0) is 20.2 Å². The molecule has 1 N–H and O–H groups in total. The first-order valence-corrected chi connectivity index (χ1v) is 18.5. The second kappa shape index (κ2) is 12.5. The first kappa shape index (κ1) is 31.3. The van der Waals surface area contributed by atoms with E-state index in [-0.39, 0.29) is 35.0 Å². The van der Waals surface area contributed by atoms with E-state index in [0.29, 0.717) is 19.4 Å². The predicted octanol–water partition coefficient (Wildman–Crippen LogP) is 7.15. The quantitative estimate of drug-likeness (QED) is 0.284. The molecule has 0 fully saturated rings. The summed E-state index contributed by atoms with van der Waals surface area (Å²) in [5, 5.41) is 9.97. The number of methoxy groups -OCH3 is 1. The van der Waals surface area contributed by atoms with Gasteiger partial charge in [-0.1, -0.05) is 53.7 Å². The monoisotopic (exact) mass is 512 g/mol. The van der Waals surface area contributed by atoms with Crippen LogP contribution in [0.4, 0.5) is 0 Å². The summed E-state index contributed by atoms with van der Waals surface area (Å²) < 4.78 is 25.3. The molecular formula is C27H52O5Si2. The summed E-state index contributed by atoms with van der Waals surface area (Å²) in [4.78, 5) is 0. The number of hydrogen-bond donors (Lipinski definition) is 1. The Kier molecular flexibility index (Phi) is 11.5. The molecule has 0 saturated heterocycles. The van der Waals surface area contributed by atoms with Crippen LogP contribution >= 0.6 is 0 Å². The third kappa shape index (κ3) is 9.39. The molecule has 34 heavy (non-hydrogen) atoms. The highest BCUT2D eigenvalue weighted by molar-refractivity contribution is 6.74. The van der Waals surface area contributed by atoms with Gasteiger partial charge in [-0.15, -0.1) is 0 Å². The maximum Gasteiger partial charge on any atom is 0.192 e. The van der Waals surface area contributed by atoms with Gasteiger partial charge in [-0.3, -0.25) is 0 Å². The Morgan fingerprint density at radius 2 is 1.35 bits per heavy atom. The van der Waals surface area contributed by atoms with Crippen LogP contribution in [0.3, 0.4) is 0 Å². The molecule has 1 rings (SSSR count). The van der Waals surface area contributed by atoms with Crippen LogP contribution in [0.5, 0.6) is 5.75 Å². The average Bonchev–Trinajstić information content (AvgIpc) is 2.69. The molecule has 0 aliphatic heterocycles. The van der Waals surface area contributed by atoms with Crippen molar-refractivity contribution in [2.45, 2.75) is 122 Å². The predicted molar refractivity (Wildman–Crippen MR) is 148 cm³/mol. The van der Waals surface area contributed by atoms with Crippen LogP contribution < -0.4 is 4.74 Å². The van der Waals surface area contributed by atoms with E-state index in [0.717, 1.165) is 11.3 Å². The second-order valence-electron chi connectivity index (χ2n) is 12.5. The van der Waals surface area contributed by atoms with Crippen molar-refractivity contribution in [2.75, 3.05) is 13.7 Å². The lowest BCUT2D eigenvalue weighted by Crippen LogP contribution is -2.51. The standard InChI is InChI=1S/C27H52O5Si2/c1-21(31-33(9,10)26(2,3)4)25(32-34(11,12)27(5,6)7)19-24(17-18-28)30-20-22-13-15-23(29-8)16-14-22/h13-16,21,24-25,28H,17-20H2,1-12H3/t21-,24+,25-/m1/s1. The lowest BCUT2D eigenvalue weighted by molar-refractivity contribution is -0.0329. The van der Waals surface area contributed by atoms with Crippen molar-refractivity contribution >= 4 is 16.6 Å². The van der Waals surface area contributed by atoms with E-state index in [2.05, 4.69) is 74.7 Å². The van der Waals surface area contributed by atoms with Crippen LogP contribution in [-0.4, -0.2) is 53.8 Å². The van der Waals surface area contributed by atoms with Gasteiger partial charge in [-0.25, -0.2) is 0 Å². The maximum absolute atomic E-state index is 9.76. The summed E-state index contributed by atoms with van der Waals surface area (Å²) in [6.07, 6.45) is 0.995. The van der Waals surface area contributed by atoms with Gasteiger partial charge in [0.15, 0.2) is 16.6 Å². The third-order valence-corrected chi connectivity index (χ3v) is 16.7. The Morgan fingerprint density at radius 1 is 0.853 bits per heavy atom. The molecule has 0 heterocycles. The minimum Gasteiger partial charge on any atom is -0.497 e. The zero-order valence-electron chi connectivity index (χ0n) is 24.0. The summed E-state index contributed by atoms with van der Waals surface area (Å²) in [6.45, 7) is 25.5. The molecule has 1 aromatic rings. The SMILES string of the molecule is COc1ccc(CO[C@@H](CCO)C[C@@H](O[Si](C)(C)C(C)(C)C)[C@@H](C)O[Si](C)(C)C(C)(C)C)cc1. The molecule has 3 atom stereocenters. The Morgan fingerprint density at radius 3 is 1.79 bits per heavy atom. The maximum atomic E-state index is 9.76. The van der Waals surface area contributed by atoms with Crippen LogP contribution in [0.1, 0.15) is 66.9 Å². The fraction of sp³-hybridized carbons (Fsp3) is 0.778. The minimum absolute atomic E-state index is 0.0548. The van der Waals surface area contributed by atoms with Crippen LogP contribution in [0.25, 0.3) is 0 Å². The van der Waals surface area contributed by atoms with Gasteiger partial charge in [0.1, 0.15) is 5.75 Å². The number of aliphatic hydroxyl groups excluding tert-OH is 1. The summed E-state index contributed by atoms with van der Waals surface area (Å²) in [5.74, 6) is 0.829. The summed E-state index contributed by atoms with van der Waals surface area (Å²) in [7, 11) is -2.34. The van der Waals surface area contributed by atoms with Crippen molar-refractivity contribution in [3.8, 4) is 5.75 Å². The third-order valence-electron chi connectivity index (χ3n) is 7.65. The summed E-state index contributed by atoms with van der Waals surface area (Å²) >= 11 is 0. The van der Waals surface area contributed by atoms with E-state index in [1.807, 2.05) is 24.3 Å². The topological polar surface area (TPSA) is 57.2 Å². The van der Waals surface area contributed by atoms with Crippen molar-refractivity contribution < 1.29 is 23.4 Å². The smallest absolute Gasteiger partial charge is 0.192 e. The van der Waals surface area contributed by atoms with Crippen molar-refractivity contribution in [1.29, 1.82) is 0 Å². The first-order valence-electron chi connectivity index (χ1n) is 12.6. The number of benzene rings is 1. The Labute approximate surface area is 211 Å². The lowest BCUT2D eigenvalue weighted by Gasteiger charge is -2.45. The zero-order chi connectivity index (χ0) is 26.4. The molecule has 5 nitrogen and oxygen atoms in total. The largest absolute Gasteiger partial charge is 0.497 e. The fourth-order valence-electron chi connectivity index (χ4n) is 3.22. The fourth-order valence-corrected chi connectivity index (χ4v) is 6.05. The molecule has 0 amide bonds. The first-order chi connectivity index (χ1) is 15.4. The molecule has 0 radical (unpaired) electrons. The van der Waals surface area contributed by atoms with Gasteiger partial charge in [0, 0.05) is 13.0 Å². The number of hydrogen-bond acceptors (Lipinski definition) is 5. The molecule has 0 aliphatic rings. The Bertz CT molecular complexity index is 720. The van der Waals surface area contributed by atoms with Crippen LogP contribution in [0.15, 0.2) is 24.3 Å². The van der Waals surface area contributed by atoms with E-state index in [4.69, 9.17) is 18.3 Å². The highest BCUT2D eigenvalue weighted by Gasteiger charge is 2.44. The zero-order valence-corrected chi connectivity index (χ0v) is 26.0. The van der Waals surface area contributed by atoms with Gasteiger partial charge in [-0.05, 0) is 67.3 Å². The van der Waals surface area contributed by atoms with Crippen LogP contribution in [0, 0.1) is 0 Å². The van der Waals surface area contributed by atoms with Crippen molar-refractivity contribution in [3.63, 3.8) is 0 Å². The van der Waals surface area contributed by atoms with E-state index < -0.39 is 16.6 Å². The molecule has 7 heteroatoms. The lowest BCUT2D eigenvalue weighted by atomic mass is 10.1. The van der Waals surface area contributed by atoms with Gasteiger partial charge in [0.05, 0.1) is 32.0 Å². The number of aliphatic hydroxyl groups is 1.